The third-order valence-corrected chi connectivity index (χ3v) is 2.31. The molecule has 1 heterocycles. The van der Waals surface area contributed by atoms with Gasteiger partial charge in [-0.25, -0.2) is 4.98 Å². The number of nitrogens with zero attached hydrogens (tertiary/aromatic N) is 2. The Hall–Kier alpha value is -1.56. The Morgan fingerprint density at radius 1 is 1.31 bits per heavy atom. The van der Waals surface area contributed by atoms with Crippen LogP contribution in [0, 0.1) is 17.2 Å². The van der Waals surface area contributed by atoms with Crippen LogP contribution in [-0.2, 0) is 0 Å². The molecule has 0 unspecified atom stereocenters. The predicted molar refractivity (Wildman–Crippen MR) is 66.4 cm³/mol. The van der Waals surface area contributed by atoms with Gasteiger partial charge in [-0.2, -0.15) is 5.26 Å². The number of nitrogens with one attached hydrogen (secondary N) is 1. The molecule has 1 N–H and O–H groups in total. The molecule has 0 aliphatic heterocycles. The average molecular weight is 217 g/mol. The summed E-state index contributed by atoms with van der Waals surface area (Å²) in [5.74, 6) is 1.63. The van der Waals surface area contributed by atoms with Gasteiger partial charge in [-0.3, -0.25) is 0 Å². The normalized spacial score (nSPS) is 10.6. The van der Waals surface area contributed by atoms with Gasteiger partial charge in [0.05, 0.1) is 5.56 Å². The summed E-state index contributed by atoms with van der Waals surface area (Å²) in [5.41, 5.74) is 1.63. The van der Waals surface area contributed by atoms with E-state index in [1.807, 2.05) is 12.1 Å². The van der Waals surface area contributed by atoms with E-state index in [2.05, 4.69) is 44.1 Å². The molecule has 3 heteroatoms. The van der Waals surface area contributed by atoms with E-state index in [9.17, 15) is 0 Å². The quantitative estimate of drug-likeness (QED) is 0.842. The molecule has 86 valence electrons. The van der Waals surface area contributed by atoms with Crippen molar-refractivity contribution in [2.75, 3.05) is 11.9 Å². The van der Waals surface area contributed by atoms with Crippen molar-refractivity contribution in [3.63, 3.8) is 0 Å². The second kappa shape index (κ2) is 5.50. The van der Waals surface area contributed by atoms with Crippen molar-refractivity contribution in [1.82, 2.24) is 4.98 Å². The van der Waals surface area contributed by atoms with Crippen LogP contribution < -0.4 is 5.32 Å². The van der Waals surface area contributed by atoms with Crippen LogP contribution in [0.1, 0.15) is 44.9 Å². The molecule has 0 atom stereocenters. The van der Waals surface area contributed by atoms with Crippen molar-refractivity contribution >= 4 is 5.82 Å². The molecule has 1 aromatic rings. The molecule has 0 aliphatic carbocycles. The minimum absolute atomic E-state index is 0.382. The second-order valence-electron chi connectivity index (χ2n) is 4.67. The highest BCUT2D eigenvalue weighted by Gasteiger charge is 2.07. The topological polar surface area (TPSA) is 48.7 Å². The highest BCUT2D eigenvalue weighted by Crippen LogP contribution is 2.18. The van der Waals surface area contributed by atoms with Crippen molar-refractivity contribution in [3.05, 3.63) is 23.4 Å². The lowest BCUT2D eigenvalue weighted by molar-refractivity contribution is 0.685. The summed E-state index contributed by atoms with van der Waals surface area (Å²) in [6.45, 7) is 9.29. The van der Waals surface area contributed by atoms with E-state index in [0.29, 0.717) is 23.2 Å². The molecule has 0 bridgehead atoms. The number of rotatable bonds is 4. The zero-order valence-corrected chi connectivity index (χ0v) is 10.4. The highest BCUT2D eigenvalue weighted by molar-refractivity contribution is 5.52. The van der Waals surface area contributed by atoms with Crippen molar-refractivity contribution < 1.29 is 0 Å². The van der Waals surface area contributed by atoms with Crippen LogP contribution in [0.15, 0.2) is 12.1 Å². The molecule has 0 spiro atoms. The summed E-state index contributed by atoms with van der Waals surface area (Å²) in [4.78, 5) is 4.48. The summed E-state index contributed by atoms with van der Waals surface area (Å²) < 4.78 is 0. The number of pyridine rings is 1. The van der Waals surface area contributed by atoms with Gasteiger partial charge in [0, 0.05) is 12.2 Å². The van der Waals surface area contributed by atoms with Gasteiger partial charge in [-0.05, 0) is 24.0 Å². The van der Waals surface area contributed by atoms with Crippen molar-refractivity contribution in [3.8, 4) is 6.07 Å². The molecule has 0 saturated heterocycles. The molecule has 0 saturated carbocycles. The summed E-state index contributed by atoms with van der Waals surface area (Å²) in [5, 5.41) is 12.2. The lowest BCUT2D eigenvalue weighted by atomic mass is 10.1. The van der Waals surface area contributed by atoms with Crippen molar-refractivity contribution in [2.45, 2.75) is 33.6 Å². The molecule has 0 radical (unpaired) electrons. The first-order chi connectivity index (χ1) is 7.54. The zero-order chi connectivity index (χ0) is 12.1. The standard InChI is InChI=1S/C13H19N3/c1-9(2)8-15-13-11(7-14)5-6-12(16-13)10(3)4/h5-6,9-10H,8H2,1-4H3,(H,15,16). The van der Waals surface area contributed by atoms with E-state index in [1.54, 1.807) is 0 Å². The van der Waals surface area contributed by atoms with Gasteiger partial charge in [0.25, 0.3) is 0 Å². The van der Waals surface area contributed by atoms with Crippen molar-refractivity contribution in [1.29, 1.82) is 5.26 Å². The lowest BCUT2D eigenvalue weighted by Gasteiger charge is -2.12. The third-order valence-electron chi connectivity index (χ3n) is 2.31. The average Bonchev–Trinajstić information content (AvgIpc) is 2.25. The van der Waals surface area contributed by atoms with Crippen LogP contribution in [0.3, 0.4) is 0 Å². The van der Waals surface area contributed by atoms with Crippen molar-refractivity contribution in [2.24, 2.45) is 5.92 Å². The van der Waals surface area contributed by atoms with E-state index < -0.39 is 0 Å². The molecule has 16 heavy (non-hydrogen) atoms. The van der Waals surface area contributed by atoms with Crippen LogP contribution in [0.4, 0.5) is 5.82 Å². The van der Waals surface area contributed by atoms with Crippen LogP contribution in [0.25, 0.3) is 0 Å². The Morgan fingerprint density at radius 2 is 2.00 bits per heavy atom. The first kappa shape index (κ1) is 12.5. The Kier molecular flexibility index (Phi) is 4.30. The minimum atomic E-state index is 0.382. The number of aromatic nitrogens is 1. The maximum absolute atomic E-state index is 8.98. The van der Waals surface area contributed by atoms with E-state index in [4.69, 9.17) is 5.26 Å². The molecular formula is C13H19N3. The van der Waals surface area contributed by atoms with Crippen LogP contribution in [-0.4, -0.2) is 11.5 Å². The Morgan fingerprint density at radius 3 is 2.50 bits per heavy atom. The number of hydrogen-bond acceptors (Lipinski definition) is 3. The van der Waals surface area contributed by atoms with Gasteiger partial charge in [0.15, 0.2) is 0 Å². The Bertz CT molecular complexity index is 389. The van der Waals surface area contributed by atoms with E-state index in [-0.39, 0.29) is 0 Å². The minimum Gasteiger partial charge on any atom is -0.369 e. The molecule has 0 fully saturated rings. The molecule has 1 rings (SSSR count). The summed E-state index contributed by atoms with van der Waals surface area (Å²) in [7, 11) is 0. The zero-order valence-electron chi connectivity index (χ0n) is 10.4. The van der Waals surface area contributed by atoms with Gasteiger partial charge in [0.2, 0.25) is 0 Å². The highest BCUT2D eigenvalue weighted by atomic mass is 15.0. The molecule has 1 aromatic heterocycles. The third kappa shape index (κ3) is 3.23. The fourth-order valence-electron chi connectivity index (χ4n) is 1.32. The monoisotopic (exact) mass is 217 g/mol. The van der Waals surface area contributed by atoms with Crippen LogP contribution >= 0.6 is 0 Å². The predicted octanol–water partition coefficient (Wildman–Crippen LogP) is 3.14. The molecule has 0 amide bonds. The largest absolute Gasteiger partial charge is 0.369 e. The first-order valence-corrected chi connectivity index (χ1v) is 5.69. The van der Waals surface area contributed by atoms with Gasteiger partial charge >= 0.3 is 0 Å². The second-order valence-corrected chi connectivity index (χ2v) is 4.67. The van der Waals surface area contributed by atoms with Gasteiger partial charge in [-0.15, -0.1) is 0 Å². The summed E-state index contributed by atoms with van der Waals surface area (Å²) in [6, 6.07) is 5.92. The van der Waals surface area contributed by atoms with Gasteiger partial charge in [-0.1, -0.05) is 27.7 Å². The SMILES string of the molecule is CC(C)CNc1nc(C(C)C)ccc1C#N. The van der Waals surface area contributed by atoms with Gasteiger partial charge in [0.1, 0.15) is 11.9 Å². The maximum Gasteiger partial charge on any atom is 0.144 e. The van der Waals surface area contributed by atoms with E-state index >= 15 is 0 Å². The molecular weight excluding hydrogens is 198 g/mol. The fourth-order valence-corrected chi connectivity index (χ4v) is 1.32. The fraction of sp³-hybridized carbons (Fsp3) is 0.538. The van der Waals surface area contributed by atoms with Crippen LogP contribution in [0.2, 0.25) is 0 Å². The summed E-state index contributed by atoms with van der Waals surface area (Å²) >= 11 is 0. The van der Waals surface area contributed by atoms with E-state index in [0.717, 1.165) is 12.2 Å². The summed E-state index contributed by atoms with van der Waals surface area (Å²) in [6.07, 6.45) is 0. The first-order valence-electron chi connectivity index (χ1n) is 5.69. The van der Waals surface area contributed by atoms with E-state index in [1.165, 1.54) is 0 Å². The smallest absolute Gasteiger partial charge is 0.144 e. The Labute approximate surface area is 97.5 Å². The van der Waals surface area contributed by atoms with Gasteiger partial charge < -0.3 is 5.32 Å². The molecule has 0 aliphatic rings. The number of hydrogen-bond donors (Lipinski definition) is 1. The molecule has 0 aromatic carbocycles. The number of anilines is 1. The van der Waals surface area contributed by atoms with Crippen LogP contribution in [0.5, 0.6) is 0 Å². The molecule has 3 nitrogen and oxygen atoms in total. The maximum atomic E-state index is 8.98. The number of nitriles is 1. The lowest BCUT2D eigenvalue weighted by Crippen LogP contribution is -2.11. The Balaban J connectivity index is 2.94.